The third-order valence-corrected chi connectivity index (χ3v) is 6.96. The molecule has 0 saturated heterocycles. The summed E-state index contributed by atoms with van der Waals surface area (Å²) in [5, 5.41) is 9.72. The lowest BCUT2D eigenvalue weighted by molar-refractivity contribution is -0.136. The molecule has 1 unspecified atom stereocenters. The van der Waals surface area contributed by atoms with Crippen molar-refractivity contribution in [2.75, 3.05) is 0 Å². The van der Waals surface area contributed by atoms with E-state index in [4.69, 9.17) is 0 Å². The maximum Gasteiger partial charge on any atom is 0.149 e. The molecule has 122 valence electrons. The van der Waals surface area contributed by atoms with Gasteiger partial charge in [0, 0.05) is 5.41 Å². The summed E-state index contributed by atoms with van der Waals surface area (Å²) >= 11 is 0. The number of phenolic OH excluding ortho intramolecular Hbond substituents is 1. The van der Waals surface area contributed by atoms with Gasteiger partial charge in [0.25, 0.3) is 0 Å². The first-order valence-corrected chi connectivity index (χ1v) is 8.78. The van der Waals surface area contributed by atoms with Gasteiger partial charge in [0.05, 0.1) is 5.92 Å². The van der Waals surface area contributed by atoms with E-state index in [1.807, 2.05) is 6.07 Å². The molecule has 1 aromatic rings. The molecule has 5 atom stereocenters. The number of aryl methyl sites for hydroxylation is 1. The largest absolute Gasteiger partial charge is 0.508 e. The summed E-state index contributed by atoms with van der Waals surface area (Å²) < 4.78 is 0. The predicted molar refractivity (Wildman–Crippen MR) is 87.3 cm³/mol. The van der Waals surface area contributed by atoms with Crippen molar-refractivity contribution >= 4 is 11.6 Å². The van der Waals surface area contributed by atoms with Crippen LogP contribution < -0.4 is 0 Å². The van der Waals surface area contributed by atoms with Crippen molar-refractivity contribution in [3.05, 3.63) is 29.3 Å². The molecule has 3 aliphatic carbocycles. The molecule has 0 heterocycles. The number of carbonyl (C=O) groups excluding carboxylic acids is 2. The molecule has 3 aliphatic rings. The number of benzene rings is 1. The average Bonchev–Trinajstić information content (AvgIpc) is 2.79. The first-order chi connectivity index (χ1) is 10.9. The normalized spacial score (nSPS) is 38.6. The Labute approximate surface area is 137 Å². The number of fused-ring (bicyclic) bond motifs is 5. The summed E-state index contributed by atoms with van der Waals surface area (Å²) in [5.74, 6) is 1.54. The summed E-state index contributed by atoms with van der Waals surface area (Å²) in [6.07, 6.45) is 4.70. The van der Waals surface area contributed by atoms with Crippen LogP contribution in [0.25, 0.3) is 0 Å². The number of aromatic hydroxyl groups is 1. The van der Waals surface area contributed by atoms with Crippen LogP contribution in [-0.2, 0) is 16.0 Å². The highest BCUT2D eigenvalue weighted by Crippen LogP contribution is 2.60. The van der Waals surface area contributed by atoms with Crippen LogP contribution in [0.3, 0.4) is 0 Å². The molecular formula is C20H24O3. The minimum atomic E-state index is -0.370. The predicted octanol–water partition coefficient (Wildman–Crippen LogP) is 3.63. The van der Waals surface area contributed by atoms with Crippen LogP contribution in [0.15, 0.2) is 18.2 Å². The Kier molecular flexibility index (Phi) is 3.20. The van der Waals surface area contributed by atoms with Crippen molar-refractivity contribution < 1.29 is 14.7 Å². The molecule has 0 spiro atoms. The van der Waals surface area contributed by atoms with E-state index in [2.05, 4.69) is 13.0 Å². The molecule has 1 aromatic carbocycles. The van der Waals surface area contributed by atoms with Crippen molar-refractivity contribution in [1.29, 1.82) is 0 Å². The molecule has 23 heavy (non-hydrogen) atoms. The van der Waals surface area contributed by atoms with E-state index in [0.29, 0.717) is 23.5 Å². The Hall–Kier alpha value is -1.64. The zero-order chi connectivity index (χ0) is 16.4. The van der Waals surface area contributed by atoms with E-state index in [-0.39, 0.29) is 22.9 Å². The van der Waals surface area contributed by atoms with E-state index in [1.54, 1.807) is 13.0 Å². The molecule has 2 fully saturated rings. The van der Waals surface area contributed by atoms with Crippen molar-refractivity contribution in [3.8, 4) is 5.75 Å². The standard InChI is InChI=1S/C20H24O3/c1-11(21)17-10-18-16-5-3-12-9-13(22)4-6-14(12)15(16)7-8-20(18,2)19(17)23/h4,6,9,15-18,22H,3,5,7-8,10H2,1-2H3/t15-,16-,17?,18+,20+/m1/s1. The number of Topliss-reactive ketones (excluding diaryl/α,β-unsaturated/α-hetero) is 2. The number of phenols is 1. The van der Waals surface area contributed by atoms with E-state index in [1.165, 1.54) is 11.1 Å². The van der Waals surface area contributed by atoms with Gasteiger partial charge in [-0.25, -0.2) is 0 Å². The fraction of sp³-hybridized carbons (Fsp3) is 0.600. The first kappa shape index (κ1) is 14.9. The number of hydrogen-bond donors (Lipinski definition) is 1. The smallest absolute Gasteiger partial charge is 0.149 e. The summed E-state index contributed by atoms with van der Waals surface area (Å²) in [4.78, 5) is 24.7. The van der Waals surface area contributed by atoms with Gasteiger partial charge < -0.3 is 5.11 Å². The molecule has 2 saturated carbocycles. The Bertz CT molecular complexity index is 692. The first-order valence-electron chi connectivity index (χ1n) is 8.78. The monoisotopic (exact) mass is 312 g/mol. The highest BCUT2D eigenvalue weighted by atomic mass is 16.3. The topological polar surface area (TPSA) is 54.4 Å². The average molecular weight is 312 g/mol. The van der Waals surface area contributed by atoms with Crippen LogP contribution in [-0.4, -0.2) is 16.7 Å². The summed E-state index contributed by atoms with van der Waals surface area (Å²) in [5.41, 5.74) is 2.33. The number of carbonyl (C=O) groups is 2. The van der Waals surface area contributed by atoms with Gasteiger partial charge >= 0.3 is 0 Å². The molecule has 0 bridgehead atoms. The molecular weight excluding hydrogens is 288 g/mol. The van der Waals surface area contributed by atoms with Crippen molar-refractivity contribution in [3.63, 3.8) is 0 Å². The summed E-state index contributed by atoms with van der Waals surface area (Å²) in [6, 6.07) is 5.76. The molecule has 4 rings (SSSR count). The van der Waals surface area contributed by atoms with E-state index >= 15 is 0 Å². The number of ketones is 2. The molecule has 0 amide bonds. The molecule has 1 N–H and O–H groups in total. The third-order valence-electron chi connectivity index (χ3n) is 6.96. The van der Waals surface area contributed by atoms with Gasteiger partial charge in [0.2, 0.25) is 0 Å². The van der Waals surface area contributed by atoms with Crippen LogP contribution in [0.1, 0.15) is 56.6 Å². The SMILES string of the molecule is CC(=O)C1C[C@H]2[C@@H]3CCc4cc(O)ccc4[C@H]3CC[C@]2(C)C1=O. The highest BCUT2D eigenvalue weighted by molar-refractivity contribution is 6.05. The molecule has 0 aromatic heterocycles. The molecule has 0 aliphatic heterocycles. The number of rotatable bonds is 1. The third kappa shape index (κ3) is 2.02. The summed E-state index contributed by atoms with van der Waals surface area (Å²) in [7, 11) is 0. The second-order valence-corrected chi connectivity index (χ2v) is 8.02. The lowest BCUT2D eigenvalue weighted by Gasteiger charge is -2.48. The van der Waals surface area contributed by atoms with Crippen LogP contribution >= 0.6 is 0 Å². The van der Waals surface area contributed by atoms with Gasteiger partial charge in [-0.3, -0.25) is 9.59 Å². The van der Waals surface area contributed by atoms with Crippen LogP contribution in [0.5, 0.6) is 5.75 Å². The van der Waals surface area contributed by atoms with E-state index < -0.39 is 0 Å². The zero-order valence-corrected chi connectivity index (χ0v) is 13.8. The maximum absolute atomic E-state index is 12.8. The second-order valence-electron chi connectivity index (χ2n) is 8.02. The Balaban J connectivity index is 1.71. The minimum absolute atomic E-state index is 0.0447. The Morgan fingerprint density at radius 3 is 2.83 bits per heavy atom. The fourth-order valence-electron chi connectivity index (χ4n) is 5.74. The van der Waals surface area contributed by atoms with Gasteiger partial charge in [0.1, 0.15) is 17.3 Å². The van der Waals surface area contributed by atoms with Gasteiger partial charge in [-0.1, -0.05) is 13.0 Å². The van der Waals surface area contributed by atoms with Gasteiger partial charge in [-0.15, -0.1) is 0 Å². The quantitative estimate of drug-likeness (QED) is 0.806. The summed E-state index contributed by atoms with van der Waals surface area (Å²) in [6.45, 7) is 3.67. The van der Waals surface area contributed by atoms with Crippen molar-refractivity contribution in [2.24, 2.45) is 23.2 Å². The van der Waals surface area contributed by atoms with E-state index in [0.717, 1.165) is 32.1 Å². The minimum Gasteiger partial charge on any atom is -0.508 e. The Morgan fingerprint density at radius 1 is 1.30 bits per heavy atom. The van der Waals surface area contributed by atoms with Gasteiger partial charge in [-0.2, -0.15) is 0 Å². The number of hydrogen-bond acceptors (Lipinski definition) is 3. The molecule has 3 nitrogen and oxygen atoms in total. The molecule has 0 radical (unpaired) electrons. The van der Waals surface area contributed by atoms with Crippen LogP contribution in [0, 0.1) is 23.2 Å². The highest BCUT2D eigenvalue weighted by Gasteiger charge is 2.58. The van der Waals surface area contributed by atoms with Gasteiger partial charge in [0.15, 0.2) is 0 Å². The Morgan fingerprint density at radius 2 is 2.09 bits per heavy atom. The van der Waals surface area contributed by atoms with Crippen molar-refractivity contribution in [1.82, 2.24) is 0 Å². The van der Waals surface area contributed by atoms with Crippen LogP contribution in [0.4, 0.5) is 0 Å². The second kappa shape index (κ2) is 4.93. The van der Waals surface area contributed by atoms with Crippen molar-refractivity contribution in [2.45, 2.75) is 51.9 Å². The lowest BCUT2D eigenvalue weighted by Crippen LogP contribution is -2.42. The lowest BCUT2D eigenvalue weighted by atomic mass is 9.55. The zero-order valence-electron chi connectivity index (χ0n) is 13.8. The molecule has 3 heteroatoms. The maximum atomic E-state index is 12.8. The van der Waals surface area contributed by atoms with Crippen LogP contribution in [0.2, 0.25) is 0 Å². The van der Waals surface area contributed by atoms with E-state index in [9.17, 15) is 14.7 Å². The van der Waals surface area contributed by atoms with Gasteiger partial charge in [-0.05, 0) is 80.0 Å². The fourth-order valence-corrected chi connectivity index (χ4v) is 5.74.